The number of nitrogens with zero attached hydrogens (tertiary/aromatic N) is 4. The van der Waals surface area contributed by atoms with Gasteiger partial charge < -0.3 is 19.4 Å². The number of oxime groups is 1. The Kier molecular flexibility index (Phi) is 5.27. The highest BCUT2D eigenvalue weighted by molar-refractivity contribution is 6.42. The molecule has 4 bridgehead atoms. The van der Waals surface area contributed by atoms with Crippen molar-refractivity contribution in [1.82, 2.24) is 14.5 Å². The standard InChI is InChI=1S/C27H30N4O4/c1-3-35-27(33)25(29-34)24-26(32)31(23-10-5-4-9-22(23)28-24)18-11-16-7-6-8-17(12-18)30(16)14-21-19-13-20(21)15(19)2/h4-5,9-10,14,16-20,34H,2-3,6-8,11-13H2,1H3/b21-14?,29-25-/t16-,17+,18+,19?,20?. The maximum absolute atomic E-state index is 13.8. The van der Waals surface area contributed by atoms with Crippen molar-refractivity contribution in [3.63, 3.8) is 0 Å². The topological polar surface area (TPSA) is 97.0 Å². The van der Waals surface area contributed by atoms with E-state index >= 15 is 0 Å². The van der Waals surface area contributed by atoms with E-state index in [4.69, 9.17) is 4.74 Å². The second-order valence-electron chi connectivity index (χ2n) is 10.1. The molecule has 3 saturated carbocycles. The molecule has 5 aliphatic rings. The molecule has 3 heterocycles. The summed E-state index contributed by atoms with van der Waals surface area (Å²) in [6.45, 7) is 5.95. The third-order valence-corrected chi connectivity index (χ3v) is 8.43. The molecule has 5 atom stereocenters. The molecule has 1 aromatic heterocycles. The van der Waals surface area contributed by atoms with Gasteiger partial charge in [-0.1, -0.05) is 29.4 Å². The zero-order chi connectivity index (χ0) is 24.3. The number of carbonyl (C=O) groups excluding carboxylic acids is 1. The molecule has 7 rings (SSSR count). The number of piperidine rings is 2. The fraction of sp³-hybridized carbons (Fsp3) is 0.481. The monoisotopic (exact) mass is 474 g/mol. The van der Waals surface area contributed by atoms with Crippen LogP contribution in [0, 0.1) is 11.8 Å². The smallest absolute Gasteiger partial charge is 0.362 e. The van der Waals surface area contributed by atoms with Crippen molar-refractivity contribution < 1.29 is 14.7 Å². The molecule has 8 heteroatoms. The largest absolute Gasteiger partial charge is 0.461 e. The molecular weight excluding hydrogens is 444 g/mol. The molecule has 2 saturated heterocycles. The first-order valence-corrected chi connectivity index (χ1v) is 12.6. The Morgan fingerprint density at radius 2 is 1.91 bits per heavy atom. The first kappa shape index (κ1) is 22.1. The molecule has 0 spiro atoms. The molecule has 2 aliphatic heterocycles. The Morgan fingerprint density at radius 1 is 1.20 bits per heavy atom. The molecule has 35 heavy (non-hydrogen) atoms. The van der Waals surface area contributed by atoms with Gasteiger partial charge in [-0.15, -0.1) is 0 Å². The summed E-state index contributed by atoms with van der Waals surface area (Å²) in [5.41, 5.74) is 3.19. The number of esters is 1. The molecule has 8 nitrogen and oxygen atoms in total. The van der Waals surface area contributed by atoms with Crippen LogP contribution in [0.5, 0.6) is 0 Å². The predicted octanol–water partition coefficient (Wildman–Crippen LogP) is 3.79. The summed E-state index contributed by atoms with van der Waals surface area (Å²) in [7, 11) is 0. The van der Waals surface area contributed by atoms with Crippen molar-refractivity contribution in [1.29, 1.82) is 0 Å². The first-order chi connectivity index (χ1) is 17.0. The van der Waals surface area contributed by atoms with Gasteiger partial charge in [0, 0.05) is 36.2 Å². The average molecular weight is 475 g/mol. The van der Waals surface area contributed by atoms with Gasteiger partial charge in [-0.2, -0.15) is 0 Å². The highest BCUT2D eigenvalue weighted by Crippen LogP contribution is 2.62. The second kappa shape index (κ2) is 8.36. The van der Waals surface area contributed by atoms with Crippen molar-refractivity contribution in [3.05, 3.63) is 64.2 Å². The number of benzene rings is 1. The molecule has 2 unspecified atom stereocenters. The van der Waals surface area contributed by atoms with Crippen molar-refractivity contribution in [2.24, 2.45) is 17.0 Å². The molecule has 0 amide bonds. The minimum absolute atomic E-state index is 0.0351. The van der Waals surface area contributed by atoms with E-state index in [0.29, 0.717) is 29.4 Å². The number of fused-ring (bicyclic) bond motifs is 3. The maximum Gasteiger partial charge on any atom is 0.362 e. The second-order valence-corrected chi connectivity index (χ2v) is 10.1. The third-order valence-electron chi connectivity index (χ3n) is 8.43. The number of allylic oxidation sites excluding steroid dienone is 2. The summed E-state index contributed by atoms with van der Waals surface area (Å²) in [5.74, 6) is 0.319. The van der Waals surface area contributed by atoms with Gasteiger partial charge in [-0.3, -0.25) is 4.79 Å². The normalized spacial score (nSPS) is 29.5. The minimum Gasteiger partial charge on any atom is -0.461 e. The van der Waals surface area contributed by atoms with E-state index in [1.807, 2.05) is 24.3 Å². The van der Waals surface area contributed by atoms with Gasteiger partial charge >= 0.3 is 5.97 Å². The fourth-order valence-electron chi connectivity index (χ4n) is 6.53. The number of hydrogen-bond donors (Lipinski definition) is 1. The predicted molar refractivity (Wildman–Crippen MR) is 131 cm³/mol. The molecule has 1 aromatic carbocycles. The summed E-state index contributed by atoms with van der Waals surface area (Å²) in [6.07, 6.45) is 8.75. The number of rotatable bonds is 5. The number of para-hydroxylation sites is 2. The van der Waals surface area contributed by atoms with Gasteiger partial charge in [0.1, 0.15) is 0 Å². The van der Waals surface area contributed by atoms with E-state index in [9.17, 15) is 14.8 Å². The van der Waals surface area contributed by atoms with Gasteiger partial charge in [0.15, 0.2) is 5.69 Å². The number of carbonyl (C=O) groups is 1. The Labute approximate surface area is 203 Å². The van der Waals surface area contributed by atoms with Crippen LogP contribution in [-0.2, 0) is 9.53 Å². The zero-order valence-electron chi connectivity index (χ0n) is 19.9. The van der Waals surface area contributed by atoms with Crippen molar-refractivity contribution >= 4 is 22.7 Å². The SMILES string of the molecule is C=C1C2CC1C2=CN1[C@@H]2CCC[C@H]1C[C@@H](n1c(=O)c(/C(=N/O)C(=O)OCC)nc3ccccc31)C2. The zero-order valence-corrected chi connectivity index (χ0v) is 19.9. The molecule has 2 aromatic rings. The Morgan fingerprint density at radius 3 is 2.54 bits per heavy atom. The highest BCUT2D eigenvalue weighted by Gasteiger charge is 2.52. The van der Waals surface area contributed by atoms with Crippen LogP contribution in [0.1, 0.15) is 57.2 Å². The summed E-state index contributed by atoms with van der Waals surface area (Å²) < 4.78 is 6.79. The molecular formula is C27H30N4O4. The van der Waals surface area contributed by atoms with E-state index in [0.717, 1.165) is 31.2 Å². The number of hydrogen-bond acceptors (Lipinski definition) is 7. The number of ether oxygens (including phenoxy) is 1. The summed E-state index contributed by atoms with van der Waals surface area (Å²) >= 11 is 0. The van der Waals surface area contributed by atoms with Gasteiger partial charge in [-0.25, -0.2) is 9.78 Å². The van der Waals surface area contributed by atoms with Crippen LogP contribution in [-0.4, -0.2) is 50.0 Å². The lowest BCUT2D eigenvalue weighted by Gasteiger charge is -2.58. The van der Waals surface area contributed by atoms with Crippen molar-refractivity contribution in [3.8, 4) is 0 Å². The molecule has 0 radical (unpaired) electrons. The van der Waals surface area contributed by atoms with Crippen molar-refractivity contribution in [2.45, 2.75) is 63.6 Å². The summed E-state index contributed by atoms with van der Waals surface area (Å²) in [6, 6.07) is 8.14. The quantitative estimate of drug-likeness (QED) is 0.233. The van der Waals surface area contributed by atoms with E-state index in [2.05, 4.69) is 27.8 Å². The lowest BCUT2D eigenvalue weighted by atomic mass is 9.49. The van der Waals surface area contributed by atoms with Gasteiger partial charge in [0.2, 0.25) is 5.71 Å². The number of aromatic nitrogens is 2. The first-order valence-electron chi connectivity index (χ1n) is 12.6. The van der Waals surface area contributed by atoms with Gasteiger partial charge in [0.05, 0.1) is 17.6 Å². The minimum atomic E-state index is -0.861. The molecule has 1 N–H and O–H groups in total. The average Bonchev–Trinajstić information content (AvgIpc) is 2.82. The van der Waals surface area contributed by atoms with Gasteiger partial charge in [-0.05, 0) is 63.2 Å². The van der Waals surface area contributed by atoms with E-state index < -0.39 is 17.2 Å². The van der Waals surface area contributed by atoms with E-state index in [1.54, 1.807) is 11.5 Å². The van der Waals surface area contributed by atoms with Gasteiger partial charge in [0.25, 0.3) is 5.56 Å². The van der Waals surface area contributed by atoms with Crippen LogP contribution in [0.2, 0.25) is 0 Å². The van der Waals surface area contributed by atoms with Crippen LogP contribution < -0.4 is 5.56 Å². The van der Waals surface area contributed by atoms with Crippen LogP contribution >= 0.6 is 0 Å². The highest BCUT2D eigenvalue weighted by atomic mass is 16.5. The Balaban J connectivity index is 1.39. The molecule has 182 valence electrons. The maximum atomic E-state index is 13.8. The van der Waals surface area contributed by atoms with Crippen molar-refractivity contribution in [2.75, 3.05) is 6.61 Å². The van der Waals surface area contributed by atoms with Crippen LogP contribution in [0.15, 0.2) is 58.1 Å². The lowest BCUT2D eigenvalue weighted by molar-refractivity contribution is -0.135. The molecule has 5 fully saturated rings. The van der Waals surface area contributed by atoms with E-state index in [1.165, 1.54) is 24.0 Å². The van der Waals surface area contributed by atoms with Crippen LogP contribution in [0.3, 0.4) is 0 Å². The third kappa shape index (κ3) is 3.33. The summed E-state index contributed by atoms with van der Waals surface area (Å²) in [4.78, 5) is 33.2. The molecule has 3 aliphatic carbocycles. The lowest BCUT2D eigenvalue weighted by Crippen LogP contribution is -2.53. The van der Waals surface area contributed by atoms with Crippen LogP contribution in [0.4, 0.5) is 0 Å². The van der Waals surface area contributed by atoms with Crippen LogP contribution in [0.25, 0.3) is 11.0 Å². The Bertz CT molecular complexity index is 1310. The fourth-order valence-corrected chi connectivity index (χ4v) is 6.53. The van der Waals surface area contributed by atoms with E-state index in [-0.39, 0.29) is 18.3 Å². The Hall–Kier alpha value is -3.42. The summed E-state index contributed by atoms with van der Waals surface area (Å²) in [5, 5.41) is 12.7.